The average molecular weight is 293 g/mol. The quantitative estimate of drug-likeness (QED) is 0.885. The van der Waals surface area contributed by atoms with E-state index in [2.05, 4.69) is 15.3 Å². The molecular weight excluding hydrogens is 276 g/mol. The normalized spacial score (nSPS) is 11.4. The van der Waals surface area contributed by atoms with E-state index < -0.39 is 5.92 Å². The zero-order chi connectivity index (χ0) is 15.3. The second kappa shape index (κ2) is 6.58. The third-order valence-corrected chi connectivity index (χ3v) is 3.02. The van der Waals surface area contributed by atoms with Gasteiger partial charge in [0.15, 0.2) is 0 Å². The molecule has 2 aromatic rings. The minimum Gasteiger partial charge on any atom is -0.437 e. The van der Waals surface area contributed by atoms with E-state index in [4.69, 9.17) is 4.74 Å². The maximum Gasteiger partial charge on any atom is 0.273 e. The van der Waals surface area contributed by atoms with Gasteiger partial charge < -0.3 is 10.1 Å². The van der Waals surface area contributed by atoms with Gasteiger partial charge in [-0.15, -0.1) is 0 Å². The predicted molar refractivity (Wildman–Crippen MR) is 75.5 cm³/mol. The Bertz CT molecular complexity index is 588. The summed E-state index contributed by atoms with van der Waals surface area (Å²) in [5.74, 6) is -2.01. The first-order valence-electron chi connectivity index (χ1n) is 6.67. The van der Waals surface area contributed by atoms with Crippen LogP contribution in [0.3, 0.4) is 0 Å². The molecule has 0 saturated heterocycles. The molecule has 0 aliphatic carbocycles. The van der Waals surface area contributed by atoms with E-state index in [-0.39, 0.29) is 12.0 Å². The van der Waals surface area contributed by atoms with E-state index in [9.17, 15) is 8.78 Å². The van der Waals surface area contributed by atoms with Crippen molar-refractivity contribution in [2.24, 2.45) is 0 Å². The first kappa shape index (κ1) is 15.3. The number of ether oxygens (including phenoxy) is 1. The van der Waals surface area contributed by atoms with E-state index >= 15 is 0 Å². The van der Waals surface area contributed by atoms with Crippen LogP contribution in [0.2, 0.25) is 0 Å². The number of alkyl halides is 2. The van der Waals surface area contributed by atoms with Crippen LogP contribution in [-0.2, 0) is 12.5 Å². The molecule has 1 aromatic carbocycles. The molecule has 0 spiro atoms. The maximum absolute atomic E-state index is 13.5. The summed E-state index contributed by atoms with van der Waals surface area (Å²) in [7, 11) is 1.79. The lowest BCUT2D eigenvalue weighted by molar-refractivity contribution is -0.00830. The summed E-state index contributed by atoms with van der Waals surface area (Å²) in [5, 5.41) is 2.97. The molecule has 112 valence electrons. The highest BCUT2D eigenvalue weighted by Crippen LogP contribution is 2.32. The van der Waals surface area contributed by atoms with Gasteiger partial charge in [-0.3, -0.25) is 4.98 Å². The third kappa shape index (κ3) is 3.72. The topological polar surface area (TPSA) is 47.0 Å². The number of halogens is 2. The Kier molecular flexibility index (Phi) is 4.80. The highest BCUT2D eigenvalue weighted by atomic mass is 19.3. The van der Waals surface area contributed by atoms with Crippen molar-refractivity contribution in [2.75, 3.05) is 7.05 Å². The van der Waals surface area contributed by atoms with Crippen molar-refractivity contribution < 1.29 is 13.5 Å². The largest absolute Gasteiger partial charge is 0.437 e. The molecule has 6 heteroatoms. The Hall–Kier alpha value is -2.08. The van der Waals surface area contributed by atoms with Gasteiger partial charge in [-0.05, 0) is 31.3 Å². The van der Waals surface area contributed by atoms with E-state index in [1.54, 1.807) is 13.2 Å². The second-order valence-electron chi connectivity index (χ2n) is 4.52. The summed E-state index contributed by atoms with van der Waals surface area (Å²) in [5.41, 5.74) is 0.634. The van der Waals surface area contributed by atoms with Crippen molar-refractivity contribution >= 4 is 0 Å². The lowest BCUT2D eigenvalue weighted by Crippen LogP contribution is -2.11. The van der Waals surface area contributed by atoms with E-state index in [0.717, 1.165) is 0 Å². The summed E-state index contributed by atoms with van der Waals surface area (Å²) < 4.78 is 32.7. The molecule has 1 heterocycles. The SMILES string of the molecule is CCC(F)(F)c1ccc(Oc2nccnc2CNC)cc1. The summed E-state index contributed by atoms with van der Waals surface area (Å²) in [4.78, 5) is 8.27. The molecule has 1 N–H and O–H groups in total. The lowest BCUT2D eigenvalue weighted by Gasteiger charge is -2.15. The molecule has 0 atom stereocenters. The molecular formula is C15H17F2N3O. The first-order chi connectivity index (χ1) is 10.1. The van der Waals surface area contributed by atoms with Crippen molar-refractivity contribution in [3.05, 3.63) is 47.9 Å². The Morgan fingerprint density at radius 1 is 1.14 bits per heavy atom. The fraction of sp³-hybridized carbons (Fsp3) is 0.333. The van der Waals surface area contributed by atoms with Crippen molar-refractivity contribution in [2.45, 2.75) is 25.8 Å². The highest BCUT2D eigenvalue weighted by molar-refractivity contribution is 5.33. The molecule has 4 nitrogen and oxygen atoms in total. The molecule has 0 radical (unpaired) electrons. The van der Waals surface area contributed by atoms with E-state index in [0.29, 0.717) is 23.9 Å². The number of aromatic nitrogens is 2. The van der Waals surface area contributed by atoms with Gasteiger partial charge in [0.2, 0.25) is 5.88 Å². The van der Waals surface area contributed by atoms with Crippen LogP contribution < -0.4 is 10.1 Å². The molecule has 1 aromatic heterocycles. The van der Waals surface area contributed by atoms with Gasteiger partial charge in [-0.2, -0.15) is 0 Å². The van der Waals surface area contributed by atoms with E-state index in [1.807, 2.05) is 0 Å². The number of nitrogens with zero attached hydrogens (tertiary/aromatic N) is 2. The minimum absolute atomic E-state index is 0.0213. The number of hydrogen-bond acceptors (Lipinski definition) is 4. The Balaban J connectivity index is 2.18. The van der Waals surface area contributed by atoms with Gasteiger partial charge in [-0.1, -0.05) is 6.92 Å². The summed E-state index contributed by atoms with van der Waals surface area (Å²) in [6.07, 6.45) is 2.86. The first-order valence-corrected chi connectivity index (χ1v) is 6.67. The Morgan fingerprint density at radius 3 is 2.43 bits per heavy atom. The Morgan fingerprint density at radius 2 is 1.81 bits per heavy atom. The molecule has 0 fully saturated rings. The fourth-order valence-corrected chi connectivity index (χ4v) is 1.81. The summed E-state index contributed by atoms with van der Waals surface area (Å²) in [6.45, 7) is 1.96. The molecule has 0 aliphatic heterocycles. The van der Waals surface area contributed by atoms with Crippen molar-refractivity contribution in [1.82, 2.24) is 15.3 Å². The molecule has 0 saturated carbocycles. The number of nitrogens with one attached hydrogen (secondary N) is 1. The zero-order valence-corrected chi connectivity index (χ0v) is 11.9. The summed E-state index contributed by atoms with van der Waals surface area (Å²) in [6, 6.07) is 5.76. The van der Waals surface area contributed by atoms with Crippen LogP contribution in [0.4, 0.5) is 8.78 Å². The number of rotatable bonds is 6. The minimum atomic E-state index is -2.82. The fourth-order valence-electron chi connectivity index (χ4n) is 1.81. The number of benzene rings is 1. The van der Waals surface area contributed by atoms with Gasteiger partial charge in [0.05, 0.1) is 0 Å². The van der Waals surface area contributed by atoms with Gasteiger partial charge in [-0.25, -0.2) is 13.8 Å². The molecule has 21 heavy (non-hydrogen) atoms. The van der Waals surface area contributed by atoms with E-state index in [1.165, 1.54) is 37.4 Å². The average Bonchev–Trinajstić information content (AvgIpc) is 2.50. The van der Waals surface area contributed by atoms with Gasteiger partial charge >= 0.3 is 0 Å². The van der Waals surface area contributed by atoms with Crippen LogP contribution in [0.1, 0.15) is 24.6 Å². The second-order valence-corrected chi connectivity index (χ2v) is 4.52. The van der Waals surface area contributed by atoms with Crippen LogP contribution in [0.15, 0.2) is 36.7 Å². The molecule has 0 unspecified atom stereocenters. The molecule has 2 rings (SSSR count). The number of hydrogen-bond donors (Lipinski definition) is 1. The predicted octanol–water partition coefficient (Wildman–Crippen LogP) is 3.49. The van der Waals surface area contributed by atoms with Crippen LogP contribution in [0.5, 0.6) is 11.6 Å². The summed E-state index contributed by atoms with van der Waals surface area (Å²) >= 11 is 0. The third-order valence-electron chi connectivity index (χ3n) is 3.02. The molecule has 0 bridgehead atoms. The van der Waals surface area contributed by atoms with Crippen LogP contribution in [0, 0.1) is 0 Å². The molecule has 0 amide bonds. The maximum atomic E-state index is 13.5. The van der Waals surface area contributed by atoms with Crippen LogP contribution >= 0.6 is 0 Å². The standard InChI is InChI=1S/C15H17F2N3O/c1-3-15(16,17)11-4-6-12(7-5-11)21-14-13(10-18-2)19-8-9-20-14/h4-9,18H,3,10H2,1-2H3. The smallest absolute Gasteiger partial charge is 0.273 e. The van der Waals surface area contributed by atoms with Gasteiger partial charge in [0.1, 0.15) is 11.4 Å². The van der Waals surface area contributed by atoms with Gasteiger partial charge in [0, 0.05) is 30.9 Å². The van der Waals surface area contributed by atoms with Crippen molar-refractivity contribution in [3.63, 3.8) is 0 Å². The van der Waals surface area contributed by atoms with Crippen LogP contribution in [-0.4, -0.2) is 17.0 Å². The van der Waals surface area contributed by atoms with Crippen LogP contribution in [0.25, 0.3) is 0 Å². The Labute approximate surface area is 122 Å². The van der Waals surface area contributed by atoms with Crippen molar-refractivity contribution in [3.8, 4) is 11.6 Å². The van der Waals surface area contributed by atoms with Crippen molar-refractivity contribution in [1.29, 1.82) is 0 Å². The highest BCUT2D eigenvalue weighted by Gasteiger charge is 2.28. The zero-order valence-electron chi connectivity index (χ0n) is 11.9. The lowest BCUT2D eigenvalue weighted by atomic mass is 10.1. The van der Waals surface area contributed by atoms with Gasteiger partial charge in [0.25, 0.3) is 5.92 Å². The monoisotopic (exact) mass is 293 g/mol. The molecule has 0 aliphatic rings.